The summed E-state index contributed by atoms with van der Waals surface area (Å²) in [6, 6.07) is 6.95. The maximum absolute atomic E-state index is 12.0. The third-order valence-corrected chi connectivity index (χ3v) is 4.32. The van der Waals surface area contributed by atoms with Gasteiger partial charge in [-0.3, -0.25) is 4.79 Å². The normalized spacial score (nSPS) is 10.8. The number of rotatable bonds is 8. The average Bonchev–Trinajstić information content (AvgIpc) is 3.05. The molecule has 1 aromatic heterocycles. The number of nitrogens with one attached hydrogen (secondary N) is 1. The largest absolute Gasteiger partial charge is 0.494 e. The lowest BCUT2D eigenvalue weighted by atomic mass is 10.2. The Bertz CT molecular complexity index is 678. The molecule has 0 aliphatic heterocycles. The van der Waals surface area contributed by atoms with Gasteiger partial charge in [0.1, 0.15) is 5.75 Å². The van der Waals surface area contributed by atoms with Gasteiger partial charge in [0.15, 0.2) is 5.13 Å². The number of amides is 1. The molecule has 0 unspecified atom stereocenters. The summed E-state index contributed by atoms with van der Waals surface area (Å²) in [5.41, 5.74) is 3.05. The highest BCUT2D eigenvalue weighted by molar-refractivity contribution is 7.17. The number of hydrazone groups is 1. The lowest BCUT2D eigenvalue weighted by Crippen LogP contribution is -2.21. The van der Waals surface area contributed by atoms with E-state index in [1.54, 1.807) is 48.0 Å². The number of hydrogen-bond acceptors (Lipinski definition) is 6. The maximum Gasteiger partial charge on any atom is 0.271 e. The van der Waals surface area contributed by atoms with Crippen LogP contribution in [-0.2, 0) is 0 Å². The molecule has 0 aliphatic rings. The van der Waals surface area contributed by atoms with Crippen LogP contribution in [0.25, 0.3) is 0 Å². The fraction of sp³-hybridized carbons (Fsp3) is 0.353. The van der Waals surface area contributed by atoms with E-state index in [9.17, 15) is 4.79 Å². The third kappa shape index (κ3) is 4.79. The van der Waals surface area contributed by atoms with Crippen LogP contribution in [0.1, 0.15) is 36.0 Å². The van der Waals surface area contributed by atoms with Gasteiger partial charge in [0.05, 0.1) is 17.7 Å². The molecule has 0 atom stereocenters. The molecule has 0 saturated heterocycles. The summed E-state index contributed by atoms with van der Waals surface area (Å²) in [5, 5.41) is 4.95. The van der Waals surface area contributed by atoms with E-state index in [2.05, 4.69) is 34.3 Å². The minimum atomic E-state index is -0.261. The van der Waals surface area contributed by atoms with E-state index in [0.29, 0.717) is 12.2 Å². The van der Waals surface area contributed by atoms with Crippen LogP contribution in [0.2, 0.25) is 0 Å². The predicted octanol–water partition coefficient (Wildman–Crippen LogP) is 3.15. The summed E-state index contributed by atoms with van der Waals surface area (Å²) in [6.45, 7) is 8.52. The molecule has 1 aromatic carbocycles. The lowest BCUT2D eigenvalue weighted by Gasteiger charge is -2.16. The quantitative estimate of drug-likeness (QED) is 0.589. The van der Waals surface area contributed by atoms with Crippen LogP contribution >= 0.6 is 11.3 Å². The van der Waals surface area contributed by atoms with Crippen molar-refractivity contribution in [3.63, 3.8) is 0 Å². The Labute approximate surface area is 146 Å². The van der Waals surface area contributed by atoms with Gasteiger partial charge in [0, 0.05) is 24.8 Å². The molecule has 1 amide bonds. The zero-order valence-corrected chi connectivity index (χ0v) is 15.0. The molecular formula is C17H22N4O2S. The van der Waals surface area contributed by atoms with Gasteiger partial charge in [0.2, 0.25) is 0 Å². The van der Waals surface area contributed by atoms with Crippen LogP contribution in [-0.4, -0.2) is 36.8 Å². The molecule has 7 heteroatoms. The summed E-state index contributed by atoms with van der Waals surface area (Å²) in [4.78, 5) is 19.5. The van der Waals surface area contributed by atoms with Gasteiger partial charge in [-0.1, -0.05) is 11.3 Å². The second kappa shape index (κ2) is 9.02. The molecule has 1 N–H and O–H groups in total. The molecule has 128 valence electrons. The zero-order valence-electron chi connectivity index (χ0n) is 14.2. The van der Waals surface area contributed by atoms with Crippen molar-refractivity contribution in [3.05, 3.63) is 40.9 Å². The van der Waals surface area contributed by atoms with Crippen LogP contribution in [0.15, 0.2) is 35.6 Å². The van der Waals surface area contributed by atoms with Crippen LogP contribution in [0.3, 0.4) is 0 Å². The summed E-state index contributed by atoms with van der Waals surface area (Å²) in [6.07, 6.45) is 3.36. The highest BCUT2D eigenvalue weighted by atomic mass is 32.1. The molecule has 24 heavy (non-hydrogen) atoms. The van der Waals surface area contributed by atoms with Gasteiger partial charge < -0.3 is 9.64 Å². The molecule has 0 radical (unpaired) electrons. The Morgan fingerprint density at radius 2 is 2.00 bits per heavy atom. The number of ether oxygens (including phenoxy) is 1. The van der Waals surface area contributed by atoms with Crippen LogP contribution in [0.5, 0.6) is 5.75 Å². The van der Waals surface area contributed by atoms with E-state index >= 15 is 0 Å². The molecule has 0 saturated carbocycles. The van der Waals surface area contributed by atoms with E-state index in [1.165, 1.54) is 0 Å². The highest BCUT2D eigenvalue weighted by Gasteiger charge is 2.07. The van der Waals surface area contributed by atoms with Crippen molar-refractivity contribution in [2.24, 2.45) is 5.10 Å². The number of hydrogen-bond donors (Lipinski definition) is 1. The van der Waals surface area contributed by atoms with Crippen molar-refractivity contribution in [1.29, 1.82) is 0 Å². The molecule has 0 spiro atoms. The first-order valence-corrected chi connectivity index (χ1v) is 8.76. The number of anilines is 1. The highest BCUT2D eigenvalue weighted by Crippen LogP contribution is 2.20. The number of aromatic nitrogens is 1. The molecule has 0 aliphatic carbocycles. The van der Waals surface area contributed by atoms with E-state index in [-0.39, 0.29) is 5.91 Å². The number of carbonyl (C=O) groups excluding carboxylic acids is 1. The Kier molecular flexibility index (Phi) is 6.74. The van der Waals surface area contributed by atoms with Gasteiger partial charge in [-0.15, -0.1) is 0 Å². The summed E-state index contributed by atoms with van der Waals surface area (Å²) >= 11 is 1.54. The number of carbonyl (C=O) groups is 1. The summed E-state index contributed by atoms with van der Waals surface area (Å²) in [5.74, 6) is 0.480. The smallest absolute Gasteiger partial charge is 0.271 e. The van der Waals surface area contributed by atoms with Crippen molar-refractivity contribution < 1.29 is 9.53 Å². The predicted molar refractivity (Wildman–Crippen MR) is 98.3 cm³/mol. The second-order valence-corrected chi connectivity index (χ2v) is 5.91. The maximum atomic E-state index is 12.0. The van der Waals surface area contributed by atoms with Crippen molar-refractivity contribution >= 4 is 28.6 Å². The van der Waals surface area contributed by atoms with Gasteiger partial charge >= 0.3 is 0 Å². The lowest BCUT2D eigenvalue weighted by molar-refractivity contribution is 0.0955. The summed E-state index contributed by atoms with van der Waals surface area (Å²) < 4.78 is 5.35. The number of thiazole rings is 1. The topological polar surface area (TPSA) is 66.8 Å². The standard InChI is InChI=1S/C17H22N4O2S/c1-4-21(5-2)17-18-11-15(24-17)12-19-20-16(22)13-7-9-14(10-8-13)23-6-3/h7-12H,4-6H2,1-3H3,(H,20,22)/b19-12-. The molecule has 0 bridgehead atoms. The minimum Gasteiger partial charge on any atom is -0.494 e. The van der Waals surface area contributed by atoms with Gasteiger partial charge in [-0.2, -0.15) is 5.10 Å². The molecule has 2 aromatic rings. The molecule has 0 fully saturated rings. The van der Waals surface area contributed by atoms with E-state index in [4.69, 9.17) is 4.74 Å². The Balaban J connectivity index is 1.92. The fourth-order valence-corrected chi connectivity index (χ4v) is 2.98. The van der Waals surface area contributed by atoms with Crippen molar-refractivity contribution in [2.75, 3.05) is 24.6 Å². The first-order valence-electron chi connectivity index (χ1n) is 7.94. The van der Waals surface area contributed by atoms with Gasteiger partial charge in [0.25, 0.3) is 5.91 Å². The van der Waals surface area contributed by atoms with Crippen LogP contribution in [0, 0.1) is 0 Å². The van der Waals surface area contributed by atoms with E-state index in [0.717, 1.165) is 28.8 Å². The van der Waals surface area contributed by atoms with Gasteiger partial charge in [-0.25, -0.2) is 10.4 Å². The fourth-order valence-electron chi connectivity index (χ4n) is 2.07. The van der Waals surface area contributed by atoms with Gasteiger partial charge in [-0.05, 0) is 45.0 Å². The monoisotopic (exact) mass is 346 g/mol. The van der Waals surface area contributed by atoms with E-state index in [1.807, 2.05) is 6.92 Å². The Morgan fingerprint density at radius 1 is 1.29 bits per heavy atom. The average molecular weight is 346 g/mol. The molecular weight excluding hydrogens is 324 g/mol. The Morgan fingerprint density at radius 3 is 2.62 bits per heavy atom. The number of benzene rings is 1. The van der Waals surface area contributed by atoms with Crippen molar-refractivity contribution in [2.45, 2.75) is 20.8 Å². The van der Waals surface area contributed by atoms with Crippen LogP contribution < -0.4 is 15.1 Å². The molecule has 1 heterocycles. The first-order chi connectivity index (χ1) is 11.7. The number of nitrogens with zero attached hydrogens (tertiary/aromatic N) is 3. The first kappa shape index (κ1) is 17.9. The Hall–Kier alpha value is -2.41. The zero-order chi connectivity index (χ0) is 17.4. The van der Waals surface area contributed by atoms with Crippen molar-refractivity contribution in [3.8, 4) is 5.75 Å². The van der Waals surface area contributed by atoms with Crippen LogP contribution in [0.4, 0.5) is 5.13 Å². The summed E-state index contributed by atoms with van der Waals surface area (Å²) in [7, 11) is 0. The minimum absolute atomic E-state index is 0.261. The SMILES string of the molecule is CCOc1ccc(C(=O)N/N=C\c2cnc(N(CC)CC)s2)cc1. The molecule has 2 rings (SSSR count). The third-order valence-electron chi connectivity index (χ3n) is 3.33. The van der Waals surface area contributed by atoms with Crippen molar-refractivity contribution in [1.82, 2.24) is 10.4 Å². The second-order valence-electron chi connectivity index (χ2n) is 4.87. The molecule has 6 nitrogen and oxygen atoms in total. The van der Waals surface area contributed by atoms with E-state index < -0.39 is 0 Å².